The highest BCUT2D eigenvalue weighted by Gasteiger charge is 2.05. The van der Waals surface area contributed by atoms with E-state index in [-0.39, 0.29) is 0 Å². The molecule has 0 amide bonds. The SMILES string of the molecule is CCC(C)n1ccc(COc2cncc(C#CCN)c2)n1. The minimum Gasteiger partial charge on any atom is -0.486 e. The Morgan fingerprint density at radius 1 is 1.43 bits per heavy atom. The molecule has 21 heavy (non-hydrogen) atoms. The summed E-state index contributed by atoms with van der Waals surface area (Å²) in [7, 11) is 0. The molecule has 2 aromatic rings. The molecule has 2 aromatic heterocycles. The lowest BCUT2D eigenvalue weighted by molar-refractivity contribution is 0.297. The van der Waals surface area contributed by atoms with Crippen LogP contribution in [0.15, 0.2) is 30.7 Å². The second-order valence-electron chi connectivity index (χ2n) is 4.75. The zero-order chi connectivity index (χ0) is 15.1. The Morgan fingerprint density at radius 3 is 3.05 bits per heavy atom. The highest BCUT2D eigenvalue weighted by molar-refractivity contribution is 5.36. The van der Waals surface area contributed by atoms with Crippen LogP contribution in [-0.4, -0.2) is 21.3 Å². The number of nitrogens with zero attached hydrogens (tertiary/aromatic N) is 3. The number of nitrogens with two attached hydrogens (primary N) is 1. The molecular weight excluding hydrogens is 264 g/mol. The second kappa shape index (κ2) is 7.46. The molecule has 0 bridgehead atoms. The van der Waals surface area contributed by atoms with Gasteiger partial charge in [0.05, 0.1) is 18.4 Å². The summed E-state index contributed by atoms with van der Waals surface area (Å²) >= 11 is 0. The average Bonchev–Trinajstić information content (AvgIpc) is 2.99. The highest BCUT2D eigenvalue weighted by atomic mass is 16.5. The van der Waals surface area contributed by atoms with Crippen LogP contribution in [0.3, 0.4) is 0 Å². The lowest BCUT2D eigenvalue weighted by Crippen LogP contribution is -2.05. The highest BCUT2D eigenvalue weighted by Crippen LogP contribution is 2.14. The summed E-state index contributed by atoms with van der Waals surface area (Å²) in [6.07, 6.45) is 6.38. The Balaban J connectivity index is 1.98. The zero-order valence-corrected chi connectivity index (χ0v) is 12.4. The predicted octanol–water partition coefficient (Wildman–Crippen LogP) is 2.14. The summed E-state index contributed by atoms with van der Waals surface area (Å²) in [6, 6.07) is 4.22. The normalized spacial score (nSPS) is 11.6. The maximum Gasteiger partial charge on any atom is 0.139 e. The molecular formula is C16H20N4O. The van der Waals surface area contributed by atoms with Crippen molar-refractivity contribution in [3.63, 3.8) is 0 Å². The molecule has 0 saturated carbocycles. The van der Waals surface area contributed by atoms with Crippen LogP contribution >= 0.6 is 0 Å². The van der Waals surface area contributed by atoms with Crippen LogP contribution in [0.1, 0.15) is 37.6 Å². The first kappa shape index (κ1) is 15.1. The average molecular weight is 284 g/mol. The number of hydrogen-bond acceptors (Lipinski definition) is 4. The van der Waals surface area contributed by atoms with Gasteiger partial charge in [0.25, 0.3) is 0 Å². The Morgan fingerprint density at radius 2 is 2.29 bits per heavy atom. The maximum absolute atomic E-state index is 5.70. The van der Waals surface area contributed by atoms with Gasteiger partial charge in [0.2, 0.25) is 0 Å². The molecule has 2 rings (SSSR count). The van der Waals surface area contributed by atoms with E-state index < -0.39 is 0 Å². The summed E-state index contributed by atoms with van der Waals surface area (Å²) in [6.45, 7) is 5.03. The van der Waals surface area contributed by atoms with Crippen molar-refractivity contribution in [3.8, 4) is 17.6 Å². The summed E-state index contributed by atoms with van der Waals surface area (Å²) in [5.41, 5.74) is 7.04. The lowest BCUT2D eigenvalue weighted by atomic mass is 10.3. The standard InChI is InChI=1S/C16H20N4O/c1-3-13(2)20-8-6-15(19-20)12-21-16-9-14(5-4-7-17)10-18-11-16/h6,8-11,13H,3,7,12,17H2,1-2H3. The first-order chi connectivity index (χ1) is 10.2. The summed E-state index contributed by atoms with van der Waals surface area (Å²) in [4.78, 5) is 4.10. The van der Waals surface area contributed by atoms with E-state index in [4.69, 9.17) is 10.5 Å². The molecule has 5 heteroatoms. The van der Waals surface area contributed by atoms with Crippen LogP contribution in [0, 0.1) is 11.8 Å². The van der Waals surface area contributed by atoms with Crippen LogP contribution in [0.4, 0.5) is 0 Å². The van der Waals surface area contributed by atoms with Gasteiger partial charge in [-0.3, -0.25) is 9.67 Å². The third-order valence-corrected chi connectivity index (χ3v) is 3.14. The van der Waals surface area contributed by atoms with Crippen molar-refractivity contribution in [1.82, 2.24) is 14.8 Å². The van der Waals surface area contributed by atoms with Gasteiger partial charge in [0, 0.05) is 24.0 Å². The second-order valence-corrected chi connectivity index (χ2v) is 4.75. The molecule has 2 N–H and O–H groups in total. The Kier molecular flexibility index (Phi) is 5.35. The van der Waals surface area contributed by atoms with Crippen molar-refractivity contribution < 1.29 is 4.74 Å². The van der Waals surface area contributed by atoms with E-state index in [1.807, 2.05) is 23.0 Å². The smallest absolute Gasteiger partial charge is 0.139 e. The fourth-order valence-corrected chi connectivity index (χ4v) is 1.76. The van der Waals surface area contributed by atoms with Crippen LogP contribution in [0.2, 0.25) is 0 Å². The first-order valence-corrected chi connectivity index (χ1v) is 7.03. The van der Waals surface area contributed by atoms with Crippen molar-refractivity contribution in [2.24, 2.45) is 5.73 Å². The van der Waals surface area contributed by atoms with Crippen molar-refractivity contribution in [2.45, 2.75) is 32.9 Å². The van der Waals surface area contributed by atoms with E-state index >= 15 is 0 Å². The van der Waals surface area contributed by atoms with E-state index in [9.17, 15) is 0 Å². The summed E-state index contributed by atoms with van der Waals surface area (Å²) in [5.74, 6) is 6.40. The summed E-state index contributed by atoms with van der Waals surface area (Å²) in [5, 5.41) is 4.49. The van der Waals surface area contributed by atoms with Gasteiger partial charge in [0.1, 0.15) is 12.4 Å². The topological polar surface area (TPSA) is 66.0 Å². The van der Waals surface area contributed by atoms with Gasteiger partial charge in [-0.1, -0.05) is 18.8 Å². The minimum absolute atomic E-state index is 0.331. The van der Waals surface area contributed by atoms with Gasteiger partial charge in [0.15, 0.2) is 0 Å². The third kappa shape index (κ3) is 4.33. The molecule has 1 atom stereocenters. The Hall–Kier alpha value is -2.32. The Labute approximate surface area is 125 Å². The summed E-state index contributed by atoms with van der Waals surface area (Å²) < 4.78 is 7.66. The van der Waals surface area contributed by atoms with E-state index in [1.54, 1.807) is 12.4 Å². The van der Waals surface area contributed by atoms with Crippen molar-refractivity contribution in [2.75, 3.05) is 6.54 Å². The van der Waals surface area contributed by atoms with E-state index in [0.29, 0.717) is 24.9 Å². The van der Waals surface area contributed by atoms with Crippen LogP contribution in [0.25, 0.3) is 0 Å². The fourth-order valence-electron chi connectivity index (χ4n) is 1.76. The molecule has 0 spiro atoms. The molecule has 2 heterocycles. The molecule has 0 saturated heterocycles. The van der Waals surface area contributed by atoms with Crippen molar-refractivity contribution in [1.29, 1.82) is 0 Å². The molecule has 0 aromatic carbocycles. The van der Waals surface area contributed by atoms with Gasteiger partial charge in [-0.15, -0.1) is 0 Å². The monoisotopic (exact) mass is 284 g/mol. The van der Waals surface area contributed by atoms with Crippen LogP contribution in [0.5, 0.6) is 5.75 Å². The van der Waals surface area contributed by atoms with Gasteiger partial charge < -0.3 is 10.5 Å². The molecule has 0 fully saturated rings. The predicted molar refractivity (Wildman–Crippen MR) is 81.7 cm³/mol. The molecule has 5 nitrogen and oxygen atoms in total. The molecule has 0 aliphatic carbocycles. The largest absolute Gasteiger partial charge is 0.486 e. The number of aromatic nitrogens is 3. The molecule has 110 valence electrons. The van der Waals surface area contributed by atoms with Crippen LogP contribution in [-0.2, 0) is 6.61 Å². The van der Waals surface area contributed by atoms with Gasteiger partial charge >= 0.3 is 0 Å². The quantitative estimate of drug-likeness (QED) is 0.854. The maximum atomic E-state index is 5.70. The number of ether oxygens (including phenoxy) is 1. The van der Waals surface area contributed by atoms with Crippen LogP contribution < -0.4 is 10.5 Å². The molecule has 0 aliphatic heterocycles. The number of rotatable bonds is 5. The van der Waals surface area contributed by atoms with Crippen molar-refractivity contribution >= 4 is 0 Å². The minimum atomic E-state index is 0.331. The zero-order valence-electron chi connectivity index (χ0n) is 12.4. The fraction of sp³-hybridized carbons (Fsp3) is 0.375. The van der Waals surface area contributed by atoms with Gasteiger partial charge in [-0.2, -0.15) is 5.10 Å². The number of pyridine rings is 1. The van der Waals surface area contributed by atoms with Crippen molar-refractivity contribution in [3.05, 3.63) is 42.0 Å². The first-order valence-electron chi connectivity index (χ1n) is 7.03. The molecule has 0 radical (unpaired) electrons. The van der Waals surface area contributed by atoms with Gasteiger partial charge in [-0.05, 0) is 25.5 Å². The van der Waals surface area contributed by atoms with E-state index in [0.717, 1.165) is 17.7 Å². The van der Waals surface area contributed by atoms with E-state index in [1.165, 1.54) is 0 Å². The third-order valence-electron chi connectivity index (χ3n) is 3.14. The lowest BCUT2D eigenvalue weighted by Gasteiger charge is -2.08. The van der Waals surface area contributed by atoms with E-state index in [2.05, 4.69) is 35.8 Å². The van der Waals surface area contributed by atoms with Gasteiger partial charge in [-0.25, -0.2) is 0 Å². The molecule has 1 unspecified atom stereocenters. The number of hydrogen-bond donors (Lipinski definition) is 1. The molecule has 0 aliphatic rings. The Bertz CT molecular complexity index is 639.